The van der Waals surface area contributed by atoms with Crippen molar-refractivity contribution >= 4 is 16.1 Å². The highest BCUT2D eigenvalue weighted by atomic mass is 32.2. The van der Waals surface area contributed by atoms with Crippen molar-refractivity contribution in [1.29, 1.82) is 0 Å². The number of aryl methyl sites for hydroxylation is 1. The summed E-state index contributed by atoms with van der Waals surface area (Å²) in [6.07, 6.45) is 0.979. The number of benzene rings is 2. The highest BCUT2D eigenvalue weighted by molar-refractivity contribution is 7.85. The molecule has 0 unspecified atom stereocenters. The van der Waals surface area contributed by atoms with Crippen molar-refractivity contribution in [2.24, 2.45) is 0 Å². The zero-order chi connectivity index (χ0) is 21.9. The first-order valence-electron chi connectivity index (χ1n) is 9.22. The van der Waals surface area contributed by atoms with Gasteiger partial charge in [-0.1, -0.05) is 17.7 Å². The van der Waals surface area contributed by atoms with Crippen molar-refractivity contribution in [3.8, 4) is 5.75 Å². The molecule has 0 heterocycles. The molecule has 0 saturated carbocycles. The molecule has 29 heavy (non-hydrogen) atoms. The van der Waals surface area contributed by atoms with Crippen molar-refractivity contribution in [3.63, 3.8) is 0 Å². The minimum Gasteiger partial charge on any atom is -0.494 e. The van der Waals surface area contributed by atoms with Gasteiger partial charge in [0.15, 0.2) is 0 Å². The largest absolute Gasteiger partial charge is 0.494 e. The number of esters is 1. The van der Waals surface area contributed by atoms with Crippen LogP contribution in [0.3, 0.4) is 0 Å². The summed E-state index contributed by atoms with van der Waals surface area (Å²) in [5.74, 6) is 0.485. The lowest BCUT2D eigenvalue weighted by Gasteiger charge is -2.10. The molecule has 0 spiro atoms. The van der Waals surface area contributed by atoms with E-state index >= 15 is 0 Å². The number of hydrogen-bond acceptors (Lipinski definition) is 6. The molecule has 8 heteroatoms. The molecule has 0 aliphatic carbocycles. The molecule has 0 bridgehead atoms. The molecule has 0 saturated heterocycles. The second-order valence-corrected chi connectivity index (χ2v) is 7.96. The van der Waals surface area contributed by atoms with Crippen LogP contribution < -0.4 is 4.74 Å². The molecular weight excluding hydrogens is 394 g/mol. The van der Waals surface area contributed by atoms with Crippen LogP contribution in [0.5, 0.6) is 5.75 Å². The maximum atomic E-state index is 11.4. The predicted molar refractivity (Wildman–Crippen MR) is 112 cm³/mol. The Bertz CT molecular complexity index is 846. The standard InChI is InChI=1S/C14H21NO3.C7H8O3S/c1-4-17-14(16)12-6-8-13(9-7-12)18-11-5-10-15(2)3;1-6-2-4-7(5-3-6)11(8,9)10/h6-9H,4-5,10-11H2,1-3H3;2-5H,1H3,(H,8,9,10). The predicted octanol–water partition coefficient (Wildman–Crippen LogP) is 3.44. The number of ether oxygens (including phenoxy) is 2. The van der Waals surface area contributed by atoms with Crippen LogP contribution in [0, 0.1) is 6.92 Å². The summed E-state index contributed by atoms with van der Waals surface area (Å²) in [5.41, 5.74) is 1.51. The van der Waals surface area contributed by atoms with Gasteiger partial charge in [0.25, 0.3) is 10.1 Å². The van der Waals surface area contributed by atoms with Gasteiger partial charge in [0.1, 0.15) is 5.75 Å². The first kappa shape index (κ1) is 24.6. The molecule has 0 amide bonds. The van der Waals surface area contributed by atoms with E-state index < -0.39 is 10.1 Å². The van der Waals surface area contributed by atoms with E-state index in [1.165, 1.54) is 12.1 Å². The van der Waals surface area contributed by atoms with Crippen LogP contribution in [0.1, 0.15) is 29.3 Å². The van der Waals surface area contributed by atoms with Crippen LogP contribution in [0.2, 0.25) is 0 Å². The zero-order valence-corrected chi connectivity index (χ0v) is 18.1. The fourth-order valence-electron chi connectivity index (χ4n) is 2.18. The van der Waals surface area contributed by atoms with Gasteiger partial charge in [0, 0.05) is 6.54 Å². The minimum absolute atomic E-state index is 0.0666. The number of carbonyl (C=O) groups is 1. The third kappa shape index (κ3) is 10.1. The number of nitrogens with zero attached hydrogens (tertiary/aromatic N) is 1. The van der Waals surface area contributed by atoms with Gasteiger partial charge >= 0.3 is 5.97 Å². The first-order chi connectivity index (χ1) is 13.6. The number of rotatable bonds is 8. The van der Waals surface area contributed by atoms with Crippen molar-refractivity contribution in [3.05, 3.63) is 59.7 Å². The zero-order valence-electron chi connectivity index (χ0n) is 17.3. The van der Waals surface area contributed by atoms with Gasteiger partial charge in [-0.05, 0) is 70.8 Å². The Hall–Kier alpha value is -2.42. The quantitative estimate of drug-likeness (QED) is 0.395. The molecule has 160 valence electrons. The molecule has 0 aliphatic rings. The summed E-state index contributed by atoms with van der Waals surface area (Å²) < 4.78 is 40.0. The van der Waals surface area contributed by atoms with Crippen LogP contribution in [-0.4, -0.2) is 57.7 Å². The van der Waals surface area contributed by atoms with Gasteiger partial charge in [0.2, 0.25) is 0 Å². The highest BCUT2D eigenvalue weighted by Gasteiger charge is 2.07. The van der Waals surface area contributed by atoms with E-state index in [0.29, 0.717) is 18.8 Å². The maximum absolute atomic E-state index is 11.4. The topological polar surface area (TPSA) is 93.1 Å². The van der Waals surface area contributed by atoms with E-state index in [2.05, 4.69) is 4.90 Å². The second-order valence-electron chi connectivity index (χ2n) is 6.54. The van der Waals surface area contributed by atoms with E-state index in [9.17, 15) is 13.2 Å². The Balaban J connectivity index is 0.000000326. The lowest BCUT2D eigenvalue weighted by atomic mass is 10.2. The normalized spacial score (nSPS) is 10.8. The fraction of sp³-hybridized carbons (Fsp3) is 0.381. The average molecular weight is 424 g/mol. The lowest BCUT2D eigenvalue weighted by Crippen LogP contribution is -2.15. The summed E-state index contributed by atoms with van der Waals surface area (Å²) in [6.45, 7) is 5.70. The van der Waals surface area contributed by atoms with E-state index in [4.69, 9.17) is 14.0 Å². The molecule has 0 aliphatic heterocycles. The molecule has 7 nitrogen and oxygen atoms in total. The second kappa shape index (κ2) is 12.2. The van der Waals surface area contributed by atoms with Crippen molar-refractivity contribution in [2.45, 2.75) is 25.2 Å². The van der Waals surface area contributed by atoms with Gasteiger partial charge in [-0.15, -0.1) is 0 Å². The van der Waals surface area contributed by atoms with Gasteiger partial charge < -0.3 is 14.4 Å². The number of carbonyl (C=O) groups excluding carboxylic acids is 1. The van der Waals surface area contributed by atoms with E-state index in [0.717, 1.165) is 24.3 Å². The Morgan fingerprint density at radius 2 is 1.62 bits per heavy atom. The van der Waals surface area contributed by atoms with E-state index in [1.807, 2.05) is 21.0 Å². The van der Waals surface area contributed by atoms with E-state index in [1.54, 1.807) is 43.3 Å². The average Bonchev–Trinajstić information content (AvgIpc) is 2.66. The highest BCUT2D eigenvalue weighted by Crippen LogP contribution is 2.13. The Morgan fingerprint density at radius 1 is 1.03 bits per heavy atom. The summed E-state index contributed by atoms with van der Waals surface area (Å²) in [7, 11) is 0.0521. The third-order valence-electron chi connectivity index (χ3n) is 3.70. The van der Waals surface area contributed by atoms with Crippen molar-refractivity contribution in [1.82, 2.24) is 4.90 Å². The minimum atomic E-state index is -4.02. The van der Waals surface area contributed by atoms with Gasteiger partial charge in [-0.2, -0.15) is 8.42 Å². The Labute approximate surface area is 173 Å². The summed E-state index contributed by atoms with van der Waals surface area (Å²) in [6, 6.07) is 13.0. The molecule has 2 aromatic rings. The SMILES string of the molecule is CCOC(=O)c1ccc(OCCCN(C)C)cc1.Cc1ccc(S(=O)(=O)O)cc1. The molecule has 1 N–H and O–H groups in total. The maximum Gasteiger partial charge on any atom is 0.338 e. The summed E-state index contributed by atoms with van der Waals surface area (Å²) in [4.78, 5) is 13.5. The first-order valence-corrected chi connectivity index (χ1v) is 10.7. The van der Waals surface area contributed by atoms with E-state index in [-0.39, 0.29) is 10.9 Å². The van der Waals surface area contributed by atoms with Gasteiger partial charge in [0.05, 0.1) is 23.7 Å². The van der Waals surface area contributed by atoms with Gasteiger partial charge in [-0.3, -0.25) is 4.55 Å². The van der Waals surface area contributed by atoms with Gasteiger partial charge in [-0.25, -0.2) is 4.79 Å². The Kier molecular flexibility index (Phi) is 10.4. The molecule has 2 aromatic carbocycles. The van der Waals surface area contributed by atoms with Crippen LogP contribution >= 0.6 is 0 Å². The molecule has 2 rings (SSSR count). The van der Waals surface area contributed by atoms with Crippen LogP contribution in [-0.2, 0) is 14.9 Å². The molecule has 0 radical (unpaired) electrons. The molecule has 0 atom stereocenters. The lowest BCUT2D eigenvalue weighted by molar-refractivity contribution is 0.0526. The third-order valence-corrected chi connectivity index (χ3v) is 4.57. The van der Waals surface area contributed by atoms with Crippen LogP contribution in [0.25, 0.3) is 0 Å². The Morgan fingerprint density at radius 3 is 2.10 bits per heavy atom. The van der Waals surface area contributed by atoms with Crippen LogP contribution in [0.15, 0.2) is 53.4 Å². The molecule has 0 fully saturated rings. The fourth-order valence-corrected chi connectivity index (χ4v) is 2.66. The molecular formula is C21H29NO6S. The summed E-state index contributed by atoms with van der Waals surface area (Å²) in [5, 5.41) is 0. The smallest absolute Gasteiger partial charge is 0.338 e. The number of hydrogen-bond donors (Lipinski definition) is 1. The summed E-state index contributed by atoms with van der Waals surface area (Å²) >= 11 is 0. The van der Waals surface area contributed by atoms with Crippen molar-refractivity contribution < 1.29 is 27.2 Å². The van der Waals surface area contributed by atoms with Crippen LogP contribution in [0.4, 0.5) is 0 Å². The van der Waals surface area contributed by atoms with Crippen molar-refractivity contribution in [2.75, 3.05) is 33.9 Å². The molecule has 0 aromatic heterocycles. The monoisotopic (exact) mass is 423 g/mol.